The summed E-state index contributed by atoms with van der Waals surface area (Å²) >= 11 is 0. The molecule has 3 nitrogen and oxygen atoms in total. The molecule has 298 valence electrons. The van der Waals surface area contributed by atoms with Gasteiger partial charge < -0.3 is 0 Å². The molecule has 9 rings (SSSR count). The number of rotatable bonds is 14. The normalized spacial score (nSPS) is 12.9. The molecule has 9 aromatic rings. The second-order valence-electron chi connectivity index (χ2n) is 15.2. The van der Waals surface area contributed by atoms with Gasteiger partial charge in [-0.2, -0.15) is 0 Å². The second kappa shape index (κ2) is 16.9. The number of hydrogen-bond donors (Lipinski definition) is 0. The number of hydrogen-bond acceptors (Lipinski definition) is 3. The SMILES string of the molecule is Cc1ccc(OB(OP(c2ccccc2)(c2ccccc2)(c2ccccc2)c2ccccc2)OP(c2ccccc2)(c2ccccc2)(c2ccccc2)c2ccccc2)cc1. The van der Waals surface area contributed by atoms with Crippen LogP contribution in [0.5, 0.6) is 5.75 Å². The standard InChI is InChI=1S/C55H47BO3P2/c1-46-42-44-47(45-43-46)57-56(58-60(48-26-10-2-11-27-48,49-28-12-3-13-29-49,50-30-14-4-15-31-50)51-32-16-5-17-33-51)59-61(52-34-18-6-19-35-52,53-36-20-7-21-37-53,54-38-22-8-23-39-54)55-40-24-9-25-41-55/h2-45H,1H3. The molecule has 0 aromatic heterocycles. The van der Waals surface area contributed by atoms with Crippen LogP contribution in [-0.2, 0) is 8.88 Å². The molecule has 0 bridgehead atoms. The summed E-state index contributed by atoms with van der Waals surface area (Å²) < 4.78 is 24.4. The second-order valence-corrected chi connectivity index (χ2v) is 23.9. The fourth-order valence-corrected chi connectivity index (χ4v) is 20.5. The van der Waals surface area contributed by atoms with Crippen LogP contribution >= 0.6 is 13.7 Å². The first-order valence-corrected chi connectivity index (χ1v) is 25.0. The van der Waals surface area contributed by atoms with Crippen LogP contribution in [-0.4, -0.2) is 7.32 Å². The molecule has 0 N–H and O–H groups in total. The van der Waals surface area contributed by atoms with Crippen LogP contribution in [0.25, 0.3) is 0 Å². The van der Waals surface area contributed by atoms with Gasteiger partial charge in [0.05, 0.1) is 0 Å². The van der Waals surface area contributed by atoms with E-state index in [9.17, 15) is 0 Å². The van der Waals surface area contributed by atoms with Gasteiger partial charge >= 0.3 is 362 Å². The predicted molar refractivity (Wildman–Crippen MR) is 262 cm³/mol. The first-order valence-electron chi connectivity index (χ1n) is 20.7. The molecule has 0 aliphatic rings. The van der Waals surface area contributed by atoms with Gasteiger partial charge in [0.15, 0.2) is 0 Å². The molecule has 0 aliphatic carbocycles. The Morgan fingerprint density at radius 2 is 0.459 bits per heavy atom. The van der Waals surface area contributed by atoms with E-state index in [0.717, 1.165) is 48.0 Å². The molecular formula is C55H47BO3P2. The van der Waals surface area contributed by atoms with E-state index in [-0.39, 0.29) is 0 Å². The third-order valence-corrected chi connectivity index (χ3v) is 23.3. The predicted octanol–water partition coefficient (Wildman–Crippen LogP) is 9.93. The van der Waals surface area contributed by atoms with Crippen LogP contribution in [0.1, 0.15) is 5.56 Å². The van der Waals surface area contributed by atoms with Gasteiger partial charge in [0.25, 0.3) is 0 Å². The summed E-state index contributed by atoms with van der Waals surface area (Å²) in [5.41, 5.74) is 1.12. The van der Waals surface area contributed by atoms with Crippen molar-refractivity contribution >= 4 is 63.4 Å². The van der Waals surface area contributed by atoms with Crippen molar-refractivity contribution in [2.75, 3.05) is 0 Å². The van der Waals surface area contributed by atoms with E-state index in [2.05, 4.69) is 262 Å². The van der Waals surface area contributed by atoms with Crippen molar-refractivity contribution in [2.24, 2.45) is 0 Å². The van der Waals surface area contributed by atoms with Crippen LogP contribution in [0, 0.1) is 6.92 Å². The van der Waals surface area contributed by atoms with Crippen molar-refractivity contribution in [1.82, 2.24) is 0 Å². The van der Waals surface area contributed by atoms with Crippen LogP contribution < -0.4 is 47.1 Å². The Balaban J connectivity index is 1.47. The summed E-state index contributed by atoms with van der Waals surface area (Å²) in [6.07, 6.45) is 0. The summed E-state index contributed by atoms with van der Waals surface area (Å²) in [6, 6.07) is 93.6. The fourth-order valence-electron chi connectivity index (χ4n) is 9.11. The van der Waals surface area contributed by atoms with Crippen molar-refractivity contribution in [1.29, 1.82) is 0 Å². The van der Waals surface area contributed by atoms with Crippen LogP contribution in [0.15, 0.2) is 267 Å². The maximum atomic E-state index is 8.49. The van der Waals surface area contributed by atoms with E-state index in [0.29, 0.717) is 5.75 Å². The van der Waals surface area contributed by atoms with E-state index in [1.165, 1.54) is 0 Å². The third-order valence-electron chi connectivity index (χ3n) is 11.8. The Bertz CT molecular complexity index is 2270. The van der Waals surface area contributed by atoms with Crippen molar-refractivity contribution < 1.29 is 13.5 Å². The molecule has 61 heavy (non-hydrogen) atoms. The Hall–Kier alpha value is -6.38. The molecule has 0 spiro atoms. The van der Waals surface area contributed by atoms with Gasteiger partial charge in [-0.25, -0.2) is 0 Å². The van der Waals surface area contributed by atoms with E-state index in [1.54, 1.807) is 0 Å². The zero-order valence-corrected chi connectivity index (χ0v) is 35.9. The molecule has 0 heterocycles. The first-order chi connectivity index (χ1) is 30.1. The van der Waals surface area contributed by atoms with Gasteiger partial charge in [-0.1, -0.05) is 0 Å². The van der Waals surface area contributed by atoms with Crippen molar-refractivity contribution in [3.05, 3.63) is 272 Å². The van der Waals surface area contributed by atoms with E-state index >= 15 is 0 Å². The summed E-state index contributed by atoms with van der Waals surface area (Å²) in [5.74, 6) is 0.619. The molecular weight excluding hydrogens is 781 g/mol. The minimum absolute atomic E-state index is 0.619. The molecule has 0 saturated heterocycles. The van der Waals surface area contributed by atoms with Crippen molar-refractivity contribution in [2.45, 2.75) is 6.92 Å². The molecule has 0 amide bonds. The molecule has 0 atom stereocenters. The first kappa shape index (κ1) is 40.1. The quantitative estimate of drug-likeness (QED) is 0.0808. The van der Waals surface area contributed by atoms with Crippen LogP contribution in [0.4, 0.5) is 0 Å². The number of benzene rings is 9. The van der Waals surface area contributed by atoms with Crippen molar-refractivity contribution in [3.63, 3.8) is 0 Å². The molecule has 0 radical (unpaired) electrons. The minimum atomic E-state index is -4.40. The average Bonchev–Trinajstić information content (AvgIpc) is 3.35. The molecule has 0 saturated carbocycles. The summed E-state index contributed by atoms with van der Waals surface area (Å²) in [5, 5.41) is 8.09. The van der Waals surface area contributed by atoms with Crippen LogP contribution in [0.3, 0.4) is 0 Å². The summed E-state index contributed by atoms with van der Waals surface area (Å²) in [4.78, 5) is 0. The topological polar surface area (TPSA) is 27.7 Å². The molecule has 6 heteroatoms. The third kappa shape index (κ3) is 6.56. The van der Waals surface area contributed by atoms with E-state index in [1.807, 2.05) is 12.1 Å². The Morgan fingerprint density at radius 3 is 0.656 bits per heavy atom. The average molecular weight is 829 g/mol. The van der Waals surface area contributed by atoms with Crippen molar-refractivity contribution in [3.8, 4) is 5.75 Å². The van der Waals surface area contributed by atoms with Gasteiger partial charge in [0, 0.05) is 0 Å². The Morgan fingerprint density at radius 1 is 0.262 bits per heavy atom. The monoisotopic (exact) mass is 828 g/mol. The Kier molecular flexibility index (Phi) is 11.1. The van der Waals surface area contributed by atoms with Gasteiger partial charge in [0.1, 0.15) is 0 Å². The summed E-state index contributed by atoms with van der Waals surface area (Å²) in [6.45, 7) is -6.72. The van der Waals surface area contributed by atoms with Gasteiger partial charge in [-0.15, -0.1) is 0 Å². The molecule has 0 unspecified atom stereocenters. The van der Waals surface area contributed by atoms with E-state index < -0.39 is 21.0 Å². The van der Waals surface area contributed by atoms with E-state index in [4.69, 9.17) is 13.5 Å². The number of aryl methyl sites for hydroxylation is 1. The van der Waals surface area contributed by atoms with Crippen LogP contribution in [0.2, 0.25) is 0 Å². The maximum absolute atomic E-state index is 8.49. The summed E-state index contributed by atoms with van der Waals surface area (Å²) in [7, 11) is -1.33. The van der Waals surface area contributed by atoms with Gasteiger partial charge in [-0.3, -0.25) is 0 Å². The van der Waals surface area contributed by atoms with Gasteiger partial charge in [0.2, 0.25) is 0 Å². The fraction of sp³-hybridized carbons (Fsp3) is 0.0182. The molecule has 9 aromatic carbocycles. The Labute approximate surface area is 360 Å². The molecule has 0 aliphatic heterocycles. The zero-order chi connectivity index (χ0) is 41.5. The molecule has 0 fully saturated rings. The zero-order valence-electron chi connectivity index (χ0n) is 34.1. The van der Waals surface area contributed by atoms with Gasteiger partial charge in [-0.05, 0) is 0 Å².